The quantitative estimate of drug-likeness (QED) is 0.330. The van der Waals surface area contributed by atoms with Gasteiger partial charge in [-0.3, -0.25) is 0 Å². The number of carbonyl (C=O) groups is 1. The zero-order valence-corrected chi connectivity index (χ0v) is 9.85. The van der Waals surface area contributed by atoms with Crippen molar-refractivity contribution in [3.63, 3.8) is 0 Å². The number of rotatable bonds is 4. The summed E-state index contributed by atoms with van der Waals surface area (Å²) in [5.74, 6) is -0.259. The van der Waals surface area contributed by atoms with Crippen LogP contribution in [0, 0.1) is 0 Å². The molecule has 0 radical (unpaired) electrons. The molecule has 0 spiro atoms. The molecular weight excluding hydrogens is 232 g/mol. The Labute approximate surface area is 87.8 Å². The van der Waals surface area contributed by atoms with Gasteiger partial charge in [0, 0.05) is 5.33 Å². The number of allylic oxidation sites excluding steroid dienone is 2. The maximum Gasteiger partial charge on any atom is 0.337 e. The molecule has 0 aliphatic carbocycles. The summed E-state index contributed by atoms with van der Waals surface area (Å²) < 4.78 is 4.87. The fourth-order valence-electron chi connectivity index (χ4n) is 0.779. The molecular formula is C10H15BrO2. The largest absolute Gasteiger partial charge is 0.462 e. The molecule has 0 fully saturated rings. The second-order valence-corrected chi connectivity index (χ2v) is 3.15. The summed E-state index contributed by atoms with van der Waals surface area (Å²) in [5.41, 5.74) is 1.71. The van der Waals surface area contributed by atoms with E-state index in [1.54, 1.807) is 13.0 Å². The summed E-state index contributed by atoms with van der Waals surface area (Å²) >= 11 is 3.31. The van der Waals surface area contributed by atoms with Crippen molar-refractivity contribution in [2.45, 2.75) is 20.8 Å². The van der Waals surface area contributed by atoms with Crippen molar-refractivity contribution in [3.05, 3.63) is 23.3 Å². The van der Waals surface area contributed by atoms with Crippen LogP contribution in [0.25, 0.3) is 0 Å². The number of alkyl halides is 1. The lowest BCUT2D eigenvalue weighted by molar-refractivity contribution is -0.138. The standard InChI is InChI=1S/C10H15BrO2/c1-4-9(6-8(3)7-11)10(12)13-5-2/h4,6H,5,7H2,1-3H3. The highest BCUT2D eigenvalue weighted by Crippen LogP contribution is 2.06. The van der Waals surface area contributed by atoms with Crippen LogP contribution in [-0.2, 0) is 9.53 Å². The monoisotopic (exact) mass is 246 g/mol. The molecule has 0 aromatic heterocycles. The average molecular weight is 247 g/mol. The molecule has 0 rings (SSSR count). The van der Waals surface area contributed by atoms with Crippen LogP contribution in [0.3, 0.4) is 0 Å². The third-order valence-corrected chi connectivity index (χ3v) is 2.32. The molecule has 0 aliphatic rings. The van der Waals surface area contributed by atoms with Crippen molar-refractivity contribution >= 4 is 21.9 Å². The van der Waals surface area contributed by atoms with Crippen LogP contribution in [0.1, 0.15) is 20.8 Å². The summed E-state index contributed by atoms with van der Waals surface area (Å²) in [7, 11) is 0. The zero-order valence-electron chi connectivity index (χ0n) is 8.26. The van der Waals surface area contributed by atoms with Crippen LogP contribution in [0.4, 0.5) is 0 Å². The SMILES string of the molecule is CC=C(C=C(C)CBr)C(=O)OCC. The minimum Gasteiger partial charge on any atom is -0.462 e. The van der Waals surface area contributed by atoms with E-state index in [0.29, 0.717) is 12.2 Å². The summed E-state index contributed by atoms with van der Waals surface area (Å²) in [6, 6.07) is 0. The number of hydrogen-bond donors (Lipinski definition) is 0. The Bertz CT molecular complexity index is 229. The topological polar surface area (TPSA) is 26.3 Å². The predicted molar refractivity (Wildman–Crippen MR) is 57.9 cm³/mol. The lowest BCUT2D eigenvalue weighted by Gasteiger charge is -2.02. The lowest BCUT2D eigenvalue weighted by atomic mass is 10.2. The molecule has 0 N–H and O–H groups in total. The minimum atomic E-state index is -0.259. The number of carbonyl (C=O) groups excluding carboxylic acids is 1. The van der Waals surface area contributed by atoms with Crippen LogP contribution in [-0.4, -0.2) is 17.9 Å². The van der Waals surface area contributed by atoms with Gasteiger partial charge in [0.15, 0.2) is 0 Å². The van der Waals surface area contributed by atoms with Crippen LogP contribution < -0.4 is 0 Å². The Morgan fingerprint density at radius 1 is 1.54 bits per heavy atom. The van der Waals surface area contributed by atoms with Gasteiger partial charge in [-0.1, -0.05) is 27.6 Å². The van der Waals surface area contributed by atoms with E-state index in [-0.39, 0.29) is 5.97 Å². The minimum absolute atomic E-state index is 0.259. The summed E-state index contributed by atoms with van der Waals surface area (Å²) in [6.07, 6.45) is 3.58. The number of ether oxygens (including phenoxy) is 1. The molecule has 0 atom stereocenters. The van der Waals surface area contributed by atoms with E-state index in [0.717, 1.165) is 10.9 Å². The molecule has 0 aliphatic heterocycles. The predicted octanol–water partition coefficient (Wildman–Crippen LogP) is 2.84. The third-order valence-electron chi connectivity index (χ3n) is 1.43. The van der Waals surface area contributed by atoms with Gasteiger partial charge in [-0.2, -0.15) is 0 Å². The molecule has 0 aromatic carbocycles. The van der Waals surface area contributed by atoms with Gasteiger partial charge in [-0.15, -0.1) is 0 Å². The van der Waals surface area contributed by atoms with E-state index in [1.807, 2.05) is 19.9 Å². The Kier molecular flexibility index (Phi) is 6.59. The molecule has 13 heavy (non-hydrogen) atoms. The fraction of sp³-hybridized carbons (Fsp3) is 0.500. The Morgan fingerprint density at radius 2 is 2.15 bits per heavy atom. The van der Waals surface area contributed by atoms with Crippen LogP contribution >= 0.6 is 15.9 Å². The van der Waals surface area contributed by atoms with E-state index >= 15 is 0 Å². The van der Waals surface area contributed by atoms with E-state index in [1.165, 1.54) is 0 Å². The molecule has 0 saturated carbocycles. The second kappa shape index (κ2) is 6.89. The molecule has 0 bridgehead atoms. The molecule has 2 nitrogen and oxygen atoms in total. The fourth-order valence-corrected chi connectivity index (χ4v) is 0.940. The van der Waals surface area contributed by atoms with E-state index < -0.39 is 0 Å². The number of esters is 1. The molecule has 0 saturated heterocycles. The van der Waals surface area contributed by atoms with Gasteiger partial charge in [-0.05, 0) is 26.8 Å². The maximum atomic E-state index is 11.3. The van der Waals surface area contributed by atoms with Crippen molar-refractivity contribution in [1.82, 2.24) is 0 Å². The molecule has 0 unspecified atom stereocenters. The first-order chi connectivity index (χ1) is 6.15. The molecule has 3 heteroatoms. The van der Waals surface area contributed by atoms with Crippen LogP contribution in [0.2, 0.25) is 0 Å². The lowest BCUT2D eigenvalue weighted by Crippen LogP contribution is -2.06. The van der Waals surface area contributed by atoms with Crippen molar-refractivity contribution in [1.29, 1.82) is 0 Å². The van der Waals surface area contributed by atoms with Crippen LogP contribution in [0.5, 0.6) is 0 Å². The summed E-state index contributed by atoms with van der Waals surface area (Å²) in [6.45, 7) is 5.99. The number of hydrogen-bond acceptors (Lipinski definition) is 2. The average Bonchev–Trinajstić information content (AvgIpc) is 2.14. The van der Waals surface area contributed by atoms with E-state index in [4.69, 9.17) is 4.74 Å². The number of halogens is 1. The smallest absolute Gasteiger partial charge is 0.337 e. The molecule has 0 heterocycles. The van der Waals surface area contributed by atoms with Crippen molar-refractivity contribution in [2.75, 3.05) is 11.9 Å². The Morgan fingerprint density at radius 3 is 2.54 bits per heavy atom. The summed E-state index contributed by atoms with van der Waals surface area (Å²) in [5, 5.41) is 0.768. The van der Waals surface area contributed by atoms with Crippen molar-refractivity contribution < 1.29 is 9.53 Å². The first kappa shape index (κ1) is 12.4. The third kappa shape index (κ3) is 4.88. The Hall–Kier alpha value is -0.570. The molecule has 0 aromatic rings. The van der Waals surface area contributed by atoms with Gasteiger partial charge < -0.3 is 4.74 Å². The van der Waals surface area contributed by atoms with E-state index in [9.17, 15) is 4.79 Å². The van der Waals surface area contributed by atoms with Gasteiger partial charge in [0.05, 0.1) is 12.2 Å². The highest BCUT2D eigenvalue weighted by Gasteiger charge is 2.05. The molecule has 74 valence electrons. The first-order valence-electron chi connectivity index (χ1n) is 4.22. The first-order valence-corrected chi connectivity index (χ1v) is 5.34. The maximum absolute atomic E-state index is 11.3. The molecule has 0 amide bonds. The van der Waals surface area contributed by atoms with Gasteiger partial charge in [0.2, 0.25) is 0 Å². The van der Waals surface area contributed by atoms with Gasteiger partial charge in [0.25, 0.3) is 0 Å². The Balaban J connectivity index is 4.45. The van der Waals surface area contributed by atoms with Gasteiger partial charge in [-0.25, -0.2) is 4.79 Å². The van der Waals surface area contributed by atoms with E-state index in [2.05, 4.69) is 15.9 Å². The normalized spacial score (nSPS) is 12.9. The highest BCUT2D eigenvalue weighted by molar-refractivity contribution is 9.09. The van der Waals surface area contributed by atoms with Crippen molar-refractivity contribution in [3.8, 4) is 0 Å². The van der Waals surface area contributed by atoms with Gasteiger partial charge >= 0.3 is 5.97 Å². The second-order valence-electron chi connectivity index (χ2n) is 2.59. The highest BCUT2D eigenvalue weighted by atomic mass is 79.9. The van der Waals surface area contributed by atoms with Crippen molar-refractivity contribution in [2.24, 2.45) is 0 Å². The van der Waals surface area contributed by atoms with Gasteiger partial charge in [0.1, 0.15) is 0 Å². The van der Waals surface area contributed by atoms with Crippen LogP contribution in [0.15, 0.2) is 23.3 Å². The summed E-state index contributed by atoms with van der Waals surface area (Å²) in [4.78, 5) is 11.3. The zero-order chi connectivity index (χ0) is 10.3.